The van der Waals surface area contributed by atoms with Crippen LogP contribution in [0.15, 0.2) is 152 Å². The van der Waals surface area contributed by atoms with Crippen molar-refractivity contribution in [1.29, 1.82) is 0 Å². The zero-order valence-electron chi connectivity index (χ0n) is 23.7. The molecule has 44 heavy (non-hydrogen) atoms. The maximum atomic E-state index is 6.09. The predicted molar refractivity (Wildman–Crippen MR) is 180 cm³/mol. The Balaban J connectivity index is 1.05. The molecule has 0 fully saturated rings. The van der Waals surface area contributed by atoms with E-state index in [-0.39, 0.29) is 0 Å². The summed E-state index contributed by atoms with van der Waals surface area (Å²) in [6.07, 6.45) is 1.70. The Labute approximate surface area is 254 Å². The van der Waals surface area contributed by atoms with E-state index in [4.69, 9.17) is 9.47 Å². The summed E-state index contributed by atoms with van der Waals surface area (Å²) >= 11 is 0. The molecule has 0 unspecified atom stereocenters. The van der Waals surface area contributed by atoms with Gasteiger partial charge in [0, 0.05) is 6.20 Å². The molecule has 0 saturated carbocycles. The van der Waals surface area contributed by atoms with Crippen LogP contribution in [0.1, 0.15) is 0 Å². The van der Waals surface area contributed by atoms with Crippen molar-refractivity contribution in [3.8, 4) is 56.5 Å². The maximum absolute atomic E-state index is 6.09. The molecule has 1 aliphatic rings. The van der Waals surface area contributed by atoms with Gasteiger partial charge in [0.25, 0.3) is 5.88 Å². The summed E-state index contributed by atoms with van der Waals surface area (Å²) in [5.41, 5.74) is 6.93. The van der Waals surface area contributed by atoms with Gasteiger partial charge in [0.05, 0.1) is 0 Å². The first-order valence-electron chi connectivity index (χ1n) is 14.8. The van der Waals surface area contributed by atoms with Crippen molar-refractivity contribution in [2.24, 2.45) is 0 Å². The van der Waals surface area contributed by atoms with Gasteiger partial charge in [-0.05, 0) is 102 Å². The van der Waals surface area contributed by atoms with E-state index < -0.39 is 0 Å². The zero-order chi connectivity index (χ0) is 29.0. The molecule has 0 N–H and O–H groups in total. The first-order valence-corrected chi connectivity index (χ1v) is 14.8. The molecule has 0 aliphatic carbocycles. The van der Waals surface area contributed by atoms with Gasteiger partial charge in [0.2, 0.25) is 0 Å². The Hall–Kier alpha value is -5.93. The average Bonchev–Trinajstić information content (AvgIpc) is 3.10. The van der Waals surface area contributed by atoms with Crippen LogP contribution in [0.4, 0.5) is 0 Å². The standard InChI is InChI=1S/C41H25NO2/c1-2-11-34-32(9-1)33-10-3-4-12-35(33)37-24-30(18-20-36(34)37)27-16-14-26(15-17-27)28-7-5-8-29(23-28)31-19-21-38-40(25-31)43-39-13-6-22-42-41(39)44-38/h1-25H. The lowest BCUT2D eigenvalue weighted by Crippen LogP contribution is -2.00. The molecule has 7 aromatic carbocycles. The fourth-order valence-corrected chi connectivity index (χ4v) is 6.43. The van der Waals surface area contributed by atoms with Crippen LogP contribution in [0.5, 0.6) is 23.1 Å². The van der Waals surface area contributed by atoms with Crippen molar-refractivity contribution in [3.63, 3.8) is 0 Å². The van der Waals surface area contributed by atoms with Gasteiger partial charge < -0.3 is 9.47 Å². The van der Waals surface area contributed by atoms with Crippen molar-refractivity contribution in [1.82, 2.24) is 4.98 Å². The number of ether oxygens (including phenoxy) is 2. The van der Waals surface area contributed by atoms with Crippen molar-refractivity contribution >= 4 is 32.3 Å². The SMILES string of the molecule is c1cc(-c2ccc(-c3ccc4c5ccccc5c5ccccc5c4c3)cc2)cc(-c2ccc3c(c2)Oc2cccnc2O3)c1. The van der Waals surface area contributed by atoms with Gasteiger partial charge in [-0.2, -0.15) is 0 Å². The number of nitrogens with zero attached hydrogens (tertiary/aromatic N) is 1. The van der Waals surface area contributed by atoms with Crippen LogP contribution in [-0.4, -0.2) is 4.98 Å². The minimum absolute atomic E-state index is 0.490. The van der Waals surface area contributed by atoms with Crippen LogP contribution in [0.3, 0.4) is 0 Å². The Kier molecular flexibility index (Phi) is 5.50. The Morgan fingerprint density at radius 1 is 0.318 bits per heavy atom. The smallest absolute Gasteiger partial charge is 0.263 e. The van der Waals surface area contributed by atoms with Gasteiger partial charge in [0.1, 0.15) is 0 Å². The largest absolute Gasteiger partial charge is 0.448 e. The van der Waals surface area contributed by atoms with E-state index in [0.29, 0.717) is 23.1 Å². The molecule has 0 saturated heterocycles. The van der Waals surface area contributed by atoms with Crippen LogP contribution in [-0.2, 0) is 0 Å². The predicted octanol–water partition coefficient (Wildman–Crippen LogP) is 11.4. The molecule has 3 nitrogen and oxygen atoms in total. The third-order valence-corrected chi connectivity index (χ3v) is 8.60. The Morgan fingerprint density at radius 2 is 0.864 bits per heavy atom. The molecule has 3 heteroatoms. The molecule has 1 aromatic heterocycles. The number of hydrogen-bond acceptors (Lipinski definition) is 3. The molecule has 2 heterocycles. The summed E-state index contributed by atoms with van der Waals surface area (Å²) in [7, 11) is 0. The molecule has 206 valence electrons. The normalized spacial score (nSPS) is 12.0. The molecule has 0 amide bonds. The molecule has 0 spiro atoms. The van der Waals surface area contributed by atoms with Gasteiger partial charge >= 0.3 is 0 Å². The molecule has 0 atom stereocenters. The van der Waals surface area contributed by atoms with Gasteiger partial charge in [-0.1, -0.05) is 109 Å². The zero-order valence-corrected chi connectivity index (χ0v) is 23.7. The van der Waals surface area contributed by atoms with Crippen LogP contribution >= 0.6 is 0 Å². The summed E-state index contributed by atoms with van der Waals surface area (Å²) in [5, 5.41) is 7.75. The lowest BCUT2D eigenvalue weighted by molar-refractivity contribution is 0.348. The number of aromatic nitrogens is 1. The van der Waals surface area contributed by atoms with E-state index in [1.165, 1.54) is 49.0 Å². The number of rotatable bonds is 3. The Morgan fingerprint density at radius 3 is 1.57 bits per heavy atom. The summed E-state index contributed by atoms with van der Waals surface area (Å²) in [5.74, 6) is 2.47. The summed E-state index contributed by atoms with van der Waals surface area (Å²) in [6.45, 7) is 0. The second-order valence-electron chi connectivity index (χ2n) is 11.2. The van der Waals surface area contributed by atoms with Gasteiger partial charge in [-0.3, -0.25) is 0 Å². The quantitative estimate of drug-likeness (QED) is 0.200. The van der Waals surface area contributed by atoms with E-state index in [0.717, 1.165) is 16.7 Å². The highest BCUT2D eigenvalue weighted by Crippen LogP contribution is 2.45. The topological polar surface area (TPSA) is 31.4 Å². The lowest BCUT2D eigenvalue weighted by Gasteiger charge is -2.20. The van der Waals surface area contributed by atoms with Crippen LogP contribution in [0, 0.1) is 0 Å². The van der Waals surface area contributed by atoms with Gasteiger partial charge in [-0.25, -0.2) is 4.98 Å². The molecule has 0 radical (unpaired) electrons. The number of hydrogen-bond donors (Lipinski definition) is 0. The first kappa shape index (κ1) is 24.6. The van der Waals surface area contributed by atoms with E-state index >= 15 is 0 Å². The second kappa shape index (κ2) is 9.82. The fraction of sp³-hybridized carbons (Fsp3) is 0. The van der Waals surface area contributed by atoms with Crippen molar-refractivity contribution in [3.05, 3.63) is 152 Å². The van der Waals surface area contributed by atoms with Crippen LogP contribution < -0.4 is 9.47 Å². The number of fused-ring (bicyclic) bond motifs is 8. The third kappa shape index (κ3) is 4.02. The summed E-state index contributed by atoms with van der Waals surface area (Å²) in [4.78, 5) is 4.26. The van der Waals surface area contributed by atoms with E-state index in [1.54, 1.807) is 6.20 Å². The van der Waals surface area contributed by atoms with Crippen molar-refractivity contribution in [2.75, 3.05) is 0 Å². The van der Waals surface area contributed by atoms with E-state index in [1.807, 2.05) is 24.3 Å². The number of pyridine rings is 1. The molecule has 8 aromatic rings. The minimum atomic E-state index is 0.490. The Bertz CT molecular complexity index is 2360. The minimum Gasteiger partial charge on any atom is -0.448 e. The fourth-order valence-electron chi connectivity index (χ4n) is 6.43. The average molecular weight is 564 g/mol. The highest BCUT2D eigenvalue weighted by molar-refractivity contribution is 6.25. The van der Waals surface area contributed by atoms with Crippen LogP contribution in [0.2, 0.25) is 0 Å². The van der Waals surface area contributed by atoms with Gasteiger partial charge in [-0.15, -0.1) is 0 Å². The molecule has 0 bridgehead atoms. The molecule has 9 rings (SSSR count). The molecular formula is C41H25NO2. The van der Waals surface area contributed by atoms with E-state index in [9.17, 15) is 0 Å². The van der Waals surface area contributed by atoms with Gasteiger partial charge in [0.15, 0.2) is 17.2 Å². The number of benzene rings is 7. The van der Waals surface area contributed by atoms with E-state index in [2.05, 4.69) is 126 Å². The monoisotopic (exact) mass is 563 g/mol. The van der Waals surface area contributed by atoms with Crippen molar-refractivity contribution < 1.29 is 9.47 Å². The molecule has 1 aliphatic heterocycles. The maximum Gasteiger partial charge on any atom is 0.263 e. The van der Waals surface area contributed by atoms with Crippen molar-refractivity contribution in [2.45, 2.75) is 0 Å². The molecular weight excluding hydrogens is 538 g/mol. The summed E-state index contributed by atoms with van der Waals surface area (Å²) < 4.78 is 12.0. The first-order chi connectivity index (χ1) is 21.8. The second-order valence-corrected chi connectivity index (χ2v) is 11.2. The lowest BCUT2D eigenvalue weighted by atomic mass is 9.91. The van der Waals surface area contributed by atoms with Crippen LogP contribution in [0.25, 0.3) is 65.7 Å². The highest BCUT2D eigenvalue weighted by Gasteiger charge is 2.20. The highest BCUT2D eigenvalue weighted by atomic mass is 16.6. The third-order valence-electron chi connectivity index (χ3n) is 8.60. The summed E-state index contributed by atoms with van der Waals surface area (Å²) in [6, 6.07) is 51.5.